The number of esters is 3. The number of halogens is 3. The SMILES string of the molecule is C=CCSCC(N)C(=O)Oc1ccc(/C=C/c2cc(OC(=O)C(N)CSCC=C)cc(OC(=O)C(N)CSCC=C)c2)cc1.Cl.Cl.Cl. The summed E-state index contributed by atoms with van der Waals surface area (Å²) in [6.07, 6.45) is 8.74. The Hall–Kier alpha value is -2.39. The number of benzene rings is 2. The van der Waals surface area contributed by atoms with Crippen LogP contribution < -0.4 is 31.4 Å². The van der Waals surface area contributed by atoms with Crippen LogP contribution in [0.2, 0.25) is 0 Å². The summed E-state index contributed by atoms with van der Waals surface area (Å²) in [4.78, 5) is 37.5. The molecule has 2 aromatic carbocycles. The molecule has 9 nitrogen and oxygen atoms in total. The van der Waals surface area contributed by atoms with Crippen LogP contribution in [0.4, 0.5) is 0 Å². The summed E-state index contributed by atoms with van der Waals surface area (Å²) in [5.74, 6) is 2.05. The van der Waals surface area contributed by atoms with Crippen molar-refractivity contribution >= 4 is 103 Å². The molecule has 0 aliphatic heterocycles. The zero-order chi connectivity index (χ0) is 32.3. The van der Waals surface area contributed by atoms with Gasteiger partial charge in [-0.25, -0.2) is 14.4 Å². The van der Waals surface area contributed by atoms with Crippen molar-refractivity contribution in [2.75, 3.05) is 34.5 Å². The van der Waals surface area contributed by atoms with Gasteiger partial charge < -0.3 is 31.4 Å². The molecule has 0 saturated carbocycles. The normalized spacial score (nSPS) is 12.1. The first kappa shape index (κ1) is 46.7. The molecule has 6 N–H and O–H groups in total. The minimum atomic E-state index is -0.853. The molecule has 47 heavy (non-hydrogen) atoms. The Labute approximate surface area is 308 Å². The summed E-state index contributed by atoms with van der Waals surface area (Å²) in [6, 6.07) is 9.07. The second-order valence-electron chi connectivity index (χ2n) is 9.20. The van der Waals surface area contributed by atoms with Gasteiger partial charge in [-0.3, -0.25) is 0 Å². The van der Waals surface area contributed by atoms with Gasteiger partial charge in [0, 0.05) is 40.6 Å². The molecule has 0 aliphatic carbocycles. The van der Waals surface area contributed by atoms with Crippen molar-refractivity contribution in [1.29, 1.82) is 0 Å². The van der Waals surface area contributed by atoms with Crippen molar-refractivity contribution in [1.82, 2.24) is 0 Å². The summed E-state index contributed by atoms with van der Waals surface area (Å²) in [5.41, 5.74) is 19.2. The molecule has 0 radical (unpaired) electrons. The molecular formula is C32H42Cl3N3O6S3. The van der Waals surface area contributed by atoms with Gasteiger partial charge in [0.25, 0.3) is 0 Å². The van der Waals surface area contributed by atoms with E-state index in [1.807, 2.05) is 0 Å². The minimum Gasteiger partial charge on any atom is -0.425 e. The Kier molecular flexibility index (Phi) is 26.4. The van der Waals surface area contributed by atoms with E-state index in [0.29, 0.717) is 45.8 Å². The maximum Gasteiger partial charge on any atom is 0.329 e. The quantitative estimate of drug-likeness (QED) is 0.0507. The number of ether oxygens (including phenoxy) is 3. The highest BCUT2D eigenvalue weighted by molar-refractivity contribution is 7.99. The Balaban J connectivity index is 0. The lowest BCUT2D eigenvalue weighted by atomic mass is 10.1. The van der Waals surface area contributed by atoms with Crippen molar-refractivity contribution in [3.63, 3.8) is 0 Å². The lowest BCUT2D eigenvalue weighted by molar-refractivity contribution is -0.136. The maximum absolute atomic E-state index is 12.6. The zero-order valence-corrected chi connectivity index (χ0v) is 30.6. The Bertz CT molecular complexity index is 1270. The lowest BCUT2D eigenvalue weighted by Gasteiger charge is -2.14. The van der Waals surface area contributed by atoms with Crippen molar-refractivity contribution in [3.8, 4) is 17.2 Å². The molecule has 0 saturated heterocycles. The number of nitrogens with two attached hydrogens (primary N) is 3. The van der Waals surface area contributed by atoms with E-state index in [4.69, 9.17) is 31.4 Å². The van der Waals surface area contributed by atoms with Crippen LogP contribution in [0.1, 0.15) is 11.1 Å². The van der Waals surface area contributed by atoms with Crippen LogP contribution in [0.15, 0.2) is 80.4 Å². The highest BCUT2D eigenvalue weighted by Crippen LogP contribution is 2.26. The smallest absolute Gasteiger partial charge is 0.329 e. The van der Waals surface area contributed by atoms with E-state index in [-0.39, 0.29) is 48.7 Å². The molecule has 0 bridgehead atoms. The number of hydrogen-bond donors (Lipinski definition) is 3. The average Bonchev–Trinajstić information content (AvgIpc) is 3.00. The summed E-state index contributed by atoms with van der Waals surface area (Å²) in [6.45, 7) is 10.9. The Morgan fingerprint density at radius 3 is 1.28 bits per heavy atom. The number of hydrogen-bond acceptors (Lipinski definition) is 12. The third-order valence-electron chi connectivity index (χ3n) is 5.41. The van der Waals surface area contributed by atoms with E-state index in [1.165, 1.54) is 41.4 Å². The van der Waals surface area contributed by atoms with E-state index in [9.17, 15) is 14.4 Å². The fraction of sp³-hybridized carbons (Fsp3) is 0.281. The van der Waals surface area contributed by atoms with Crippen LogP contribution in [-0.2, 0) is 14.4 Å². The largest absolute Gasteiger partial charge is 0.425 e. The second-order valence-corrected chi connectivity index (χ2v) is 12.4. The van der Waals surface area contributed by atoms with Crippen LogP contribution in [0.25, 0.3) is 12.2 Å². The maximum atomic E-state index is 12.6. The molecule has 0 amide bonds. The van der Waals surface area contributed by atoms with Crippen molar-refractivity contribution in [3.05, 3.63) is 91.6 Å². The number of rotatable bonds is 20. The molecule has 260 valence electrons. The van der Waals surface area contributed by atoms with Crippen LogP contribution in [0.5, 0.6) is 17.2 Å². The standard InChI is InChI=1S/C32H39N3O6S3.3ClH/c1-4-13-42-19-27(33)30(36)39-24-11-9-22(10-12-24)7-8-23-16-25(40-31(37)28(34)20-43-14-5-2)18-26(17-23)41-32(38)29(35)21-44-15-6-3;;;/h4-12,16-18,27-29H,1-3,13-15,19-21,33-35H2;3*1H/b8-7+;;;. The molecule has 0 aromatic heterocycles. The predicted octanol–water partition coefficient (Wildman–Crippen LogP) is 5.58. The van der Waals surface area contributed by atoms with Gasteiger partial charge in [-0.15, -0.1) is 57.0 Å². The van der Waals surface area contributed by atoms with Gasteiger partial charge in [0.15, 0.2) is 0 Å². The fourth-order valence-electron chi connectivity index (χ4n) is 3.26. The Morgan fingerprint density at radius 1 is 0.574 bits per heavy atom. The first-order valence-electron chi connectivity index (χ1n) is 13.6. The Morgan fingerprint density at radius 2 is 0.915 bits per heavy atom. The molecule has 0 heterocycles. The van der Waals surface area contributed by atoms with Gasteiger partial charge in [0.05, 0.1) is 0 Å². The van der Waals surface area contributed by atoms with Crippen LogP contribution in [-0.4, -0.2) is 70.6 Å². The summed E-state index contributed by atoms with van der Waals surface area (Å²) in [5, 5.41) is 0. The topological polar surface area (TPSA) is 157 Å². The van der Waals surface area contributed by atoms with Crippen molar-refractivity contribution < 1.29 is 28.6 Å². The van der Waals surface area contributed by atoms with Gasteiger partial charge in [-0.05, 0) is 35.4 Å². The summed E-state index contributed by atoms with van der Waals surface area (Å²) in [7, 11) is 0. The lowest BCUT2D eigenvalue weighted by Crippen LogP contribution is -2.37. The molecule has 0 fully saturated rings. The third kappa shape index (κ3) is 18.7. The van der Waals surface area contributed by atoms with Gasteiger partial charge >= 0.3 is 17.9 Å². The van der Waals surface area contributed by atoms with Crippen molar-refractivity contribution in [2.45, 2.75) is 18.1 Å². The van der Waals surface area contributed by atoms with E-state index in [2.05, 4.69) is 19.7 Å². The highest BCUT2D eigenvalue weighted by Gasteiger charge is 2.19. The number of carbonyl (C=O) groups is 3. The van der Waals surface area contributed by atoms with Crippen molar-refractivity contribution in [2.24, 2.45) is 17.2 Å². The average molecular weight is 767 g/mol. The fourth-order valence-corrected chi connectivity index (χ4v) is 5.34. The second kappa shape index (κ2) is 26.6. The first-order chi connectivity index (χ1) is 21.2. The molecule has 0 aliphatic rings. The predicted molar refractivity (Wildman–Crippen MR) is 207 cm³/mol. The highest BCUT2D eigenvalue weighted by atomic mass is 35.5. The molecule has 2 rings (SSSR count). The van der Waals surface area contributed by atoms with E-state index >= 15 is 0 Å². The molecule has 15 heteroatoms. The molecule has 3 unspecified atom stereocenters. The monoisotopic (exact) mass is 765 g/mol. The summed E-state index contributed by atoms with van der Waals surface area (Å²) < 4.78 is 16.4. The van der Waals surface area contributed by atoms with Crippen LogP contribution in [0, 0.1) is 0 Å². The third-order valence-corrected chi connectivity index (χ3v) is 8.61. The zero-order valence-electron chi connectivity index (χ0n) is 25.7. The summed E-state index contributed by atoms with van der Waals surface area (Å²) >= 11 is 4.41. The van der Waals surface area contributed by atoms with Gasteiger partial charge in [-0.2, -0.15) is 35.3 Å². The van der Waals surface area contributed by atoms with Crippen LogP contribution >= 0.6 is 72.5 Å². The van der Waals surface area contributed by atoms with E-state index in [1.54, 1.807) is 66.8 Å². The molecular weight excluding hydrogens is 725 g/mol. The van der Waals surface area contributed by atoms with E-state index < -0.39 is 36.0 Å². The van der Waals surface area contributed by atoms with Gasteiger partial charge in [-0.1, -0.05) is 42.5 Å². The number of thioether (sulfide) groups is 3. The van der Waals surface area contributed by atoms with Gasteiger partial charge in [0.2, 0.25) is 0 Å². The molecule has 2 aromatic rings. The molecule has 0 spiro atoms. The minimum absolute atomic E-state index is 0. The number of carbonyl (C=O) groups excluding carboxylic acids is 3. The van der Waals surface area contributed by atoms with E-state index in [0.717, 1.165) is 5.56 Å². The van der Waals surface area contributed by atoms with Crippen LogP contribution in [0.3, 0.4) is 0 Å². The first-order valence-corrected chi connectivity index (χ1v) is 17.0. The van der Waals surface area contributed by atoms with Gasteiger partial charge in [0.1, 0.15) is 35.4 Å². The molecule has 3 atom stereocenters.